The van der Waals surface area contributed by atoms with Crippen molar-refractivity contribution in [1.82, 2.24) is 10.8 Å². The molecule has 3 rings (SSSR count). The molecule has 0 spiro atoms. The summed E-state index contributed by atoms with van der Waals surface area (Å²) in [6.07, 6.45) is -4.48. The molecule has 0 saturated carbocycles. The minimum atomic E-state index is -4.65. The first-order valence-corrected chi connectivity index (χ1v) is 11.3. The van der Waals surface area contributed by atoms with Gasteiger partial charge in [-0.1, -0.05) is 29.8 Å². The molecule has 0 aromatic heterocycles. The number of alkyl halides is 3. The van der Waals surface area contributed by atoms with Crippen molar-refractivity contribution in [2.45, 2.75) is 31.6 Å². The molecule has 2 atom stereocenters. The minimum absolute atomic E-state index is 0.0555. The molecule has 37 heavy (non-hydrogen) atoms. The molecule has 6 nitrogen and oxygen atoms in total. The first-order chi connectivity index (χ1) is 17.4. The molecule has 0 aliphatic heterocycles. The lowest BCUT2D eigenvalue weighted by molar-refractivity contribution is -0.137. The predicted molar refractivity (Wildman–Crippen MR) is 130 cm³/mol. The zero-order valence-electron chi connectivity index (χ0n) is 19.3. The smallest absolute Gasteiger partial charge is 0.326 e. The molecule has 0 fully saturated rings. The van der Waals surface area contributed by atoms with Crippen LogP contribution in [0.15, 0.2) is 71.7 Å². The number of rotatable bonds is 7. The normalized spacial score (nSPS) is 13.7. The number of anilines is 1. The summed E-state index contributed by atoms with van der Waals surface area (Å²) < 4.78 is 66.3. The first kappa shape index (κ1) is 28.0. The second kappa shape index (κ2) is 12.1. The molecule has 0 bridgehead atoms. The van der Waals surface area contributed by atoms with Gasteiger partial charge in [0.2, 0.25) is 5.96 Å². The number of carbonyl (C=O) groups is 1. The number of aliphatic imine (C=N–C) groups is 1. The van der Waals surface area contributed by atoms with Crippen LogP contribution in [0.4, 0.5) is 27.6 Å². The standard InChI is InChI=1S/C25H22ClF5N4O2/c1-14(9-22(35-37)15-5-7-19(27)8-6-15)32-24(33-21-12-18(26)11-20(28)13-21)34-23(36)16-3-2-4-17(10-16)25(29,30)31/h2-8,10-14,22,35,37H,9H2,1H3,(H2,32,33,34,36). The number of halogens is 6. The number of carbonyl (C=O) groups excluding carboxylic acids is 1. The zero-order valence-corrected chi connectivity index (χ0v) is 20.0. The quantitative estimate of drug-likeness (QED) is 0.122. The largest absolute Gasteiger partial charge is 0.416 e. The number of hydrogen-bond donors (Lipinski definition) is 4. The fourth-order valence-electron chi connectivity index (χ4n) is 3.45. The molecule has 0 aliphatic rings. The van der Waals surface area contributed by atoms with Crippen LogP contribution in [0.3, 0.4) is 0 Å². The molecular weight excluding hydrogens is 519 g/mol. The molecule has 196 valence electrons. The average Bonchev–Trinajstić information content (AvgIpc) is 2.82. The summed E-state index contributed by atoms with van der Waals surface area (Å²) in [5.74, 6) is -2.23. The Morgan fingerprint density at radius 1 is 1.03 bits per heavy atom. The number of amides is 1. The molecule has 0 saturated heterocycles. The van der Waals surface area contributed by atoms with Crippen molar-refractivity contribution >= 4 is 29.2 Å². The molecule has 12 heteroatoms. The van der Waals surface area contributed by atoms with Crippen molar-refractivity contribution < 1.29 is 32.0 Å². The summed E-state index contributed by atoms with van der Waals surface area (Å²) in [4.78, 5) is 17.1. The van der Waals surface area contributed by atoms with E-state index in [1.165, 1.54) is 36.4 Å². The number of guanidine groups is 1. The Balaban J connectivity index is 1.87. The van der Waals surface area contributed by atoms with Gasteiger partial charge in [-0.25, -0.2) is 13.8 Å². The van der Waals surface area contributed by atoms with Crippen LogP contribution in [0, 0.1) is 11.6 Å². The van der Waals surface area contributed by atoms with Crippen LogP contribution in [-0.2, 0) is 6.18 Å². The highest BCUT2D eigenvalue weighted by atomic mass is 35.5. The Hall–Kier alpha value is -3.54. The van der Waals surface area contributed by atoms with Gasteiger partial charge in [-0.3, -0.25) is 10.1 Å². The van der Waals surface area contributed by atoms with Gasteiger partial charge in [0.15, 0.2) is 0 Å². The van der Waals surface area contributed by atoms with Gasteiger partial charge in [0.25, 0.3) is 5.91 Å². The number of hydrogen-bond acceptors (Lipinski definition) is 4. The van der Waals surface area contributed by atoms with Gasteiger partial charge in [0, 0.05) is 16.3 Å². The second-order valence-electron chi connectivity index (χ2n) is 8.11. The average molecular weight is 541 g/mol. The Morgan fingerprint density at radius 2 is 1.73 bits per heavy atom. The third-order valence-corrected chi connectivity index (χ3v) is 5.38. The van der Waals surface area contributed by atoms with E-state index in [9.17, 15) is 32.0 Å². The van der Waals surface area contributed by atoms with Crippen molar-refractivity contribution in [3.63, 3.8) is 0 Å². The summed E-state index contributed by atoms with van der Waals surface area (Å²) in [7, 11) is 0. The van der Waals surface area contributed by atoms with E-state index in [2.05, 4.69) is 21.1 Å². The first-order valence-electron chi connectivity index (χ1n) is 10.9. The maximum absolute atomic E-state index is 13.8. The molecule has 4 N–H and O–H groups in total. The summed E-state index contributed by atoms with van der Waals surface area (Å²) in [6.45, 7) is 1.64. The highest BCUT2D eigenvalue weighted by Crippen LogP contribution is 2.29. The highest BCUT2D eigenvalue weighted by Gasteiger charge is 2.31. The number of benzene rings is 3. The second-order valence-corrected chi connectivity index (χ2v) is 8.55. The van der Waals surface area contributed by atoms with Crippen molar-refractivity contribution in [3.05, 3.63) is 100 Å². The third-order valence-electron chi connectivity index (χ3n) is 5.16. The topological polar surface area (TPSA) is 85.8 Å². The Morgan fingerprint density at radius 3 is 2.35 bits per heavy atom. The van der Waals surface area contributed by atoms with E-state index in [0.29, 0.717) is 11.6 Å². The Bertz CT molecular complexity index is 1250. The van der Waals surface area contributed by atoms with Gasteiger partial charge in [-0.05, 0) is 67.4 Å². The molecule has 2 unspecified atom stereocenters. The molecule has 3 aromatic carbocycles. The highest BCUT2D eigenvalue weighted by molar-refractivity contribution is 6.31. The van der Waals surface area contributed by atoms with Crippen LogP contribution < -0.4 is 16.1 Å². The maximum atomic E-state index is 13.8. The predicted octanol–water partition coefficient (Wildman–Crippen LogP) is 6.33. The van der Waals surface area contributed by atoms with Crippen molar-refractivity contribution in [2.75, 3.05) is 5.32 Å². The monoisotopic (exact) mass is 540 g/mol. The van der Waals surface area contributed by atoms with Gasteiger partial charge in [0.1, 0.15) is 11.6 Å². The SMILES string of the molecule is CC(CC(NO)c1ccc(F)cc1)N=C(NC(=O)c1cccc(C(F)(F)F)c1)Nc1cc(F)cc(Cl)c1. The number of hydroxylamine groups is 1. The molecule has 0 heterocycles. The van der Waals surface area contributed by atoms with Crippen LogP contribution in [0.25, 0.3) is 0 Å². The van der Waals surface area contributed by atoms with Crippen LogP contribution in [0.1, 0.15) is 40.9 Å². The van der Waals surface area contributed by atoms with Crippen molar-refractivity contribution in [1.29, 1.82) is 0 Å². The molecule has 0 aliphatic carbocycles. The number of nitrogens with zero attached hydrogens (tertiary/aromatic N) is 1. The zero-order chi connectivity index (χ0) is 27.2. The Labute approximate surface area is 214 Å². The summed E-state index contributed by atoms with van der Waals surface area (Å²) in [5, 5.41) is 14.8. The van der Waals surface area contributed by atoms with Crippen LogP contribution in [0.2, 0.25) is 5.02 Å². The van der Waals surface area contributed by atoms with E-state index in [-0.39, 0.29) is 28.7 Å². The fourth-order valence-corrected chi connectivity index (χ4v) is 3.67. The van der Waals surface area contributed by atoms with Crippen LogP contribution >= 0.6 is 11.6 Å². The molecule has 0 radical (unpaired) electrons. The van der Waals surface area contributed by atoms with E-state index < -0.39 is 41.4 Å². The van der Waals surface area contributed by atoms with Gasteiger partial charge in [-0.2, -0.15) is 18.7 Å². The summed E-state index contributed by atoms with van der Waals surface area (Å²) in [6, 6.07) is 11.5. The van der Waals surface area contributed by atoms with Crippen molar-refractivity contribution in [2.24, 2.45) is 4.99 Å². The van der Waals surface area contributed by atoms with Crippen LogP contribution in [-0.4, -0.2) is 23.1 Å². The fraction of sp³-hybridized carbons (Fsp3) is 0.200. The molecular formula is C25H22ClF5N4O2. The Kier molecular flexibility index (Phi) is 9.19. The van der Waals surface area contributed by atoms with E-state index in [1.807, 2.05) is 0 Å². The van der Waals surface area contributed by atoms with Crippen LogP contribution in [0.5, 0.6) is 0 Å². The van der Waals surface area contributed by atoms with Gasteiger partial charge in [0.05, 0.1) is 17.6 Å². The summed E-state index contributed by atoms with van der Waals surface area (Å²) in [5.41, 5.74) is 1.51. The maximum Gasteiger partial charge on any atom is 0.416 e. The van der Waals surface area contributed by atoms with Gasteiger partial charge < -0.3 is 10.5 Å². The van der Waals surface area contributed by atoms with Crippen molar-refractivity contribution in [3.8, 4) is 0 Å². The third kappa shape index (κ3) is 8.24. The molecule has 3 aromatic rings. The van der Waals surface area contributed by atoms with E-state index in [1.54, 1.807) is 6.92 Å². The summed E-state index contributed by atoms with van der Waals surface area (Å²) >= 11 is 5.89. The van der Waals surface area contributed by atoms with E-state index >= 15 is 0 Å². The van der Waals surface area contributed by atoms with Gasteiger partial charge >= 0.3 is 6.18 Å². The number of nitrogens with one attached hydrogen (secondary N) is 3. The van der Waals surface area contributed by atoms with E-state index in [0.717, 1.165) is 24.3 Å². The lowest BCUT2D eigenvalue weighted by atomic mass is 10.0. The van der Waals surface area contributed by atoms with E-state index in [4.69, 9.17) is 11.6 Å². The lowest BCUT2D eigenvalue weighted by Gasteiger charge is -2.20. The molecule has 1 amide bonds. The lowest BCUT2D eigenvalue weighted by Crippen LogP contribution is -2.37. The van der Waals surface area contributed by atoms with Gasteiger partial charge in [-0.15, -0.1) is 0 Å². The minimum Gasteiger partial charge on any atom is -0.326 e.